The van der Waals surface area contributed by atoms with E-state index in [-0.39, 0.29) is 12.5 Å². The molecule has 4 heteroatoms. The molecule has 2 atom stereocenters. The van der Waals surface area contributed by atoms with Gasteiger partial charge in [-0.1, -0.05) is 36.8 Å². The maximum absolute atomic E-state index is 11.6. The van der Waals surface area contributed by atoms with Gasteiger partial charge in [-0.05, 0) is 31.9 Å². The number of hydrogen-bond donors (Lipinski definition) is 2. The van der Waals surface area contributed by atoms with Gasteiger partial charge in [0.05, 0.1) is 13.2 Å². The first kappa shape index (κ1) is 15.7. The van der Waals surface area contributed by atoms with Crippen molar-refractivity contribution in [3.05, 3.63) is 35.4 Å². The second kappa shape index (κ2) is 6.68. The van der Waals surface area contributed by atoms with Crippen LogP contribution < -0.4 is 5.73 Å². The normalized spacial score (nSPS) is 15.8. The first-order valence-corrected chi connectivity index (χ1v) is 6.48. The third-order valence-corrected chi connectivity index (χ3v) is 3.32. The minimum atomic E-state index is -1.03. The van der Waals surface area contributed by atoms with Crippen molar-refractivity contribution in [1.82, 2.24) is 0 Å². The maximum Gasteiger partial charge on any atom is 0.316 e. The van der Waals surface area contributed by atoms with E-state index in [9.17, 15) is 9.90 Å². The van der Waals surface area contributed by atoms with Crippen LogP contribution in [-0.2, 0) is 14.9 Å². The van der Waals surface area contributed by atoms with E-state index in [1.54, 1.807) is 6.92 Å². The van der Waals surface area contributed by atoms with E-state index in [0.717, 1.165) is 11.1 Å². The molecule has 0 saturated heterocycles. The highest BCUT2D eigenvalue weighted by Gasteiger charge is 2.35. The summed E-state index contributed by atoms with van der Waals surface area (Å²) in [6.07, 6.45) is 0. The summed E-state index contributed by atoms with van der Waals surface area (Å²) in [5, 5.41) is 9.49. The Morgan fingerprint density at radius 3 is 2.74 bits per heavy atom. The van der Waals surface area contributed by atoms with Crippen LogP contribution in [-0.4, -0.2) is 30.8 Å². The average molecular weight is 265 g/mol. The SMILES string of the molecule is Cc1cccc(C(C)(COCC(C)CN)C(=O)O)c1. The average Bonchev–Trinajstić information content (AvgIpc) is 2.38. The van der Waals surface area contributed by atoms with Crippen LogP contribution in [0.2, 0.25) is 0 Å². The number of carbonyl (C=O) groups is 1. The Bertz CT molecular complexity index is 433. The van der Waals surface area contributed by atoms with Crippen molar-refractivity contribution in [2.24, 2.45) is 11.7 Å². The number of rotatable bonds is 7. The van der Waals surface area contributed by atoms with E-state index in [0.29, 0.717) is 13.2 Å². The van der Waals surface area contributed by atoms with Gasteiger partial charge >= 0.3 is 5.97 Å². The molecule has 0 saturated carbocycles. The Labute approximate surface area is 114 Å². The molecular formula is C15H23NO3. The molecule has 0 aliphatic rings. The summed E-state index contributed by atoms with van der Waals surface area (Å²) < 4.78 is 5.55. The quantitative estimate of drug-likeness (QED) is 0.790. The van der Waals surface area contributed by atoms with Gasteiger partial charge in [0, 0.05) is 0 Å². The van der Waals surface area contributed by atoms with E-state index < -0.39 is 11.4 Å². The molecule has 0 spiro atoms. The first-order valence-electron chi connectivity index (χ1n) is 6.48. The third-order valence-electron chi connectivity index (χ3n) is 3.32. The Balaban J connectivity index is 2.83. The summed E-state index contributed by atoms with van der Waals surface area (Å²) in [7, 11) is 0. The Hall–Kier alpha value is -1.39. The molecule has 1 aromatic rings. The summed E-state index contributed by atoms with van der Waals surface area (Å²) >= 11 is 0. The van der Waals surface area contributed by atoms with Crippen LogP contribution in [0.4, 0.5) is 0 Å². The number of ether oxygens (including phenoxy) is 1. The van der Waals surface area contributed by atoms with E-state index in [1.807, 2.05) is 38.1 Å². The summed E-state index contributed by atoms with van der Waals surface area (Å²) in [6.45, 7) is 6.78. The largest absolute Gasteiger partial charge is 0.481 e. The molecule has 19 heavy (non-hydrogen) atoms. The topological polar surface area (TPSA) is 72.5 Å². The Kier molecular flexibility index (Phi) is 5.51. The third kappa shape index (κ3) is 4.04. The van der Waals surface area contributed by atoms with E-state index in [4.69, 9.17) is 10.5 Å². The van der Waals surface area contributed by atoms with Crippen LogP contribution in [0.3, 0.4) is 0 Å². The lowest BCUT2D eigenvalue weighted by atomic mass is 9.82. The molecule has 0 amide bonds. The molecule has 0 radical (unpaired) electrons. The van der Waals surface area contributed by atoms with Crippen molar-refractivity contribution < 1.29 is 14.6 Å². The van der Waals surface area contributed by atoms with Gasteiger partial charge in [0.25, 0.3) is 0 Å². The lowest BCUT2D eigenvalue weighted by Gasteiger charge is -2.26. The van der Waals surface area contributed by atoms with Crippen LogP contribution in [0.25, 0.3) is 0 Å². The predicted molar refractivity (Wildman–Crippen MR) is 75.2 cm³/mol. The van der Waals surface area contributed by atoms with E-state index >= 15 is 0 Å². The molecule has 0 fully saturated rings. The van der Waals surface area contributed by atoms with E-state index in [2.05, 4.69) is 0 Å². The van der Waals surface area contributed by atoms with Crippen molar-refractivity contribution >= 4 is 5.97 Å². The van der Waals surface area contributed by atoms with Crippen molar-refractivity contribution in [3.63, 3.8) is 0 Å². The highest BCUT2D eigenvalue weighted by Crippen LogP contribution is 2.25. The number of carboxylic acids is 1. The summed E-state index contributed by atoms with van der Waals surface area (Å²) in [5.41, 5.74) is 6.30. The van der Waals surface area contributed by atoms with Crippen molar-refractivity contribution in [2.45, 2.75) is 26.2 Å². The number of benzene rings is 1. The molecule has 0 aliphatic carbocycles. The molecule has 0 aromatic heterocycles. The van der Waals surface area contributed by atoms with E-state index in [1.165, 1.54) is 0 Å². The zero-order chi connectivity index (χ0) is 14.5. The first-order chi connectivity index (χ1) is 8.90. The number of nitrogens with two attached hydrogens (primary N) is 1. The van der Waals surface area contributed by atoms with Gasteiger partial charge in [-0.3, -0.25) is 4.79 Å². The fraction of sp³-hybridized carbons (Fsp3) is 0.533. The minimum absolute atomic E-state index is 0.149. The van der Waals surface area contributed by atoms with Crippen molar-refractivity contribution in [2.75, 3.05) is 19.8 Å². The number of carboxylic acid groups (broad SMARTS) is 1. The van der Waals surface area contributed by atoms with Crippen molar-refractivity contribution in [1.29, 1.82) is 0 Å². The molecule has 1 rings (SSSR count). The Morgan fingerprint density at radius 2 is 2.21 bits per heavy atom. The van der Waals surface area contributed by atoms with Gasteiger partial charge in [-0.15, -0.1) is 0 Å². The predicted octanol–water partition coefficient (Wildman–Crippen LogP) is 1.95. The molecule has 0 aliphatic heterocycles. The molecule has 0 heterocycles. The molecule has 3 N–H and O–H groups in total. The molecule has 2 unspecified atom stereocenters. The van der Waals surface area contributed by atoms with Gasteiger partial charge in [-0.25, -0.2) is 0 Å². The zero-order valence-corrected chi connectivity index (χ0v) is 11.8. The summed E-state index contributed by atoms with van der Waals surface area (Å²) in [5.74, 6) is -0.644. The molecular weight excluding hydrogens is 242 g/mol. The highest BCUT2D eigenvalue weighted by molar-refractivity contribution is 5.81. The molecule has 4 nitrogen and oxygen atoms in total. The smallest absolute Gasteiger partial charge is 0.316 e. The van der Waals surface area contributed by atoms with Crippen LogP contribution in [0.1, 0.15) is 25.0 Å². The lowest BCUT2D eigenvalue weighted by Crippen LogP contribution is -2.38. The highest BCUT2D eigenvalue weighted by atomic mass is 16.5. The minimum Gasteiger partial charge on any atom is -0.481 e. The van der Waals surface area contributed by atoms with Crippen LogP contribution in [0, 0.1) is 12.8 Å². The van der Waals surface area contributed by atoms with Gasteiger partial charge in [0.2, 0.25) is 0 Å². The summed E-state index contributed by atoms with van der Waals surface area (Å²) in [4.78, 5) is 11.6. The van der Waals surface area contributed by atoms with Crippen molar-refractivity contribution in [3.8, 4) is 0 Å². The fourth-order valence-corrected chi connectivity index (χ4v) is 1.79. The molecule has 0 bridgehead atoms. The number of aliphatic carboxylic acids is 1. The van der Waals surface area contributed by atoms with Gasteiger partial charge in [0.15, 0.2) is 0 Å². The number of aryl methyl sites for hydroxylation is 1. The maximum atomic E-state index is 11.6. The van der Waals surface area contributed by atoms with Crippen LogP contribution >= 0.6 is 0 Å². The fourth-order valence-electron chi connectivity index (χ4n) is 1.79. The monoisotopic (exact) mass is 265 g/mol. The Morgan fingerprint density at radius 1 is 1.53 bits per heavy atom. The number of hydrogen-bond acceptors (Lipinski definition) is 3. The van der Waals surface area contributed by atoms with Gasteiger partial charge in [-0.2, -0.15) is 0 Å². The van der Waals surface area contributed by atoms with Gasteiger partial charge < -0.3 is 15.6 Å². The van der Waals surface area contributed by atoms with Crippen LogP contribution in [0.15, 0.2) is 24.3 Å². The lowest BCUT2D eigenvalue weighted by molar-refractivity contribution is -0.145. The van der Waals surface area contributed by atoms with Gasteiger partial charge in [0.1, 0.15) is 5.41 Å². The molecule has 1 aromatic carbocycles. The van der Waals surface area contributed by atoms with Crippen LogP contribution in [0.5, 0.6) is 0 Å². The zero-order valence-electron chi connectivity index (χ0n) is 11.8. The second-order valence-corrected chi connectivity index (χ2v) is 5.36. The second-order valence-electron chi connectivity index (χ2n) is 5.36. The summed E-state index contributed by atoms with van der Waals surface area (Å²) in [6, 6.07) is 7.54. The molecule has 106 valence electrons. The standard InChI is InChI=1S/C15H23NO3/c1-11-5-4-6-13(7-11)15(3,14(17)18)10-19-9-12(2)8-16/h4-7,12H,8-10,16H2,1-3H3,(H,17,18).